The van der Waals surface area contributed by atoms with E-state index >= 15 is 0 Å². The van der Waals surface area contributed by atoms with E-state index in [1.54, 1.807) is 38.2 Å². The molecule has 0 unspecified atom stereocenters. The van der Waals surface area contributed by atoms with Gasteiger partial charge in [0.15, 0.2) is 0 Å². The van der Waals surface area contributed by atoms with Crippen molar-refractivity contribution >= 4 is 48.9 Å². The molecule has 0 saturated carbocycles. The van der Waals surface area contributed by atoms with Crippen LogP contribution in [0, 0.1) is 6.92 Å². The lowest BCUT2D eigenvalue weighted by molar-refractivity contribution is 0.601. The lowest BCUT2D eigenvalue weighted by Gasteiger charge is -2.11. The highest BCUT2D eigenvalue weighted by Crippen LogP contribution is 2.26. The van der Waals surface area contributed by atoms with Crippen LogP contribution in [0.15, 0.2) is 46.1 Å². The number of anilines is 1. The average molecular weight is 369 g/mol. The van der Waals surface area contributed by atoms with Gasteiger partial charge in [-0.1, -0.05) is 29.0 Å². The van der Waals surface area contributed by atoms with Crippen LogP contribution >= 0.6 is 22.9 Å². The molecule has 3 aromatic rings. The molecule has 0 fully saturated rings. The molecule has 0 amide bonds. The van der Waals surface area contributed by atoms with Gasteiger partial charge in [-0.3, -0.25) is 9.52 Å². The summed E-state index contributed by atoms with van der Waals surface area (Å²) < 4.78 is 29.8. The van der Waals surface area contributed by atoms with E-state index in [1.807, 2.05) is 0 Å². The Kier molecular flexibility index (Phi) is 3.95. The summed E-state index contributed by atoms with van der Waals surface area (Å²) in [6.45, 7) is 1.79. The van der Waals surface area contributed by atoms with Crippen LogP contribution in [0.3, 0.4) is 0 Å². The standard InChI is InChI=1S/C15H13ClN2O3S2/c1-9-3-4-10(16)7-12(9)17-23(20,21)11-5-6-13-14(8-11)22-15(19)18(13)2/h3-8,17H,1-2H3. The maximum atomic E-state index is 12.6. The number of halogens is 1. The predicted molar refractivity (Wildman–Crippen MR) is 94.1 cm³/mol. The number of nitrogens with zero attached hydrogens (tertiary/aromatic N) is 1. The third-order valence-corrected chi connectivity index (χ3v) is 6.11. The molecule has 0 aliphatic heterocycles. The fourth-order valence-electron chi connectivity index (χ4n) is 2.19. The monoisotopic (exact) mass is 368 g/mol. The largest absolute Gasteiger partial charge is 0.307 e. The highest BCUT2D eigenvalue weighted by molar-refractivity contribution is 7.92. The maximum Gasteiger partial charge on any atom is 0.307 e. The van der Waals surface area contributed by atoms with Gasteiger partial charge in [-0.25, -0.2) is 8.42 Å². The number of fused-ring (bicyclic) bond motifs is 1. The van der Waals surface area contributed by atoms with Gasteiger partial charge in [0.1, 0.15) is 0 Å². The number of sulfonamides is 1. The fourth-order valence-corrected chi connectivity index (χ4v) is 4.50. The minimum atomic E-state index is -3.76. The number of thiazole rings is 1. The summed E-state index contributed by atoms with van der Waals surface area (Å²) in [5.41, 5.74) is 1.90. The molecule has 5 nitrogen and oxygen atoms in total. The normalized spacial score (nSPS) is 11.8. The van der Waals surface area contributed by atoms with Crippen LogP contribution in [0.4, 0.5) is 5.69 Å². The Morgan fingerprint density at radius 3 is 2.65 bits per heavy atom. The smallest absolute Gasteiger partial charge is 0.302 e. The summed E-state index contributed by atoms with van der Waals surface area (Å²) in [7, 11) is -2.11. The first-order valence-electron chi connectivity index (χ1n) is 6.66. The van der Waals surface area contributed by atoms with E-state index < -0.39 is 10.0 Å². The molecule has 2 aromatic carbocycles. The van der Waals surface area contributed by atoms with Crippen molar-refractivity contribution in [3.8, 4) is 0 Å². The van der Waals surface area contributed by atoms with E-state index in [9.17, 15) is 13.2 Å². The van der Waals surface area contributed by atoms with Crippen molar-refractivity contribution in [1.82, 2.24) is 4.57 Å². The Morgan fingerprint density at radius 1 is 1.17 bits per heavy atom. The summed E-state index contributed by atoms with van der Waals surface area (Å²) in [4.78, 5) is 11.6. The predicted octanol–water partition coefficient (Wildman–Crippen LogP) is 3.36. The third kappa shape index (κ3) is 2.99. The number of hydrogen-bond acceptors (Lipinski definition) is 4. The van der Waals surface area contributed by atoms with Crippen LogP contribution in [0.1, 0.15) is 5.56 Å². The van der Waals surface area contributed by atoms with E-state index in [4.69, 9.17) is 11.6 Å². The molecule has 23 heavy (non-hydrogen) atoms. The second kappa shape index (κ2) is 5.67. The topological polar surface area (TPSA) is 68.2 Å². The minimum absolute atomic E-state index is 0.103. The number of benzene rings is 2. The molecule has 0 atom stereocenters. The Morgan fingerprint density at radius 2 is 1.91 bits per heavy atom. The first-order chi connectivity index (χ1) is 10.8. The molecule has 0 bridgehead atoms. The van der Waals surface area contributed by atoms with Crippen molar-refractivity contribution in [2.24, 2.45) is 7.05 Å². The van der Waals surface area contributed by atoms with Gasteiger partial charge in [0.05, 0.1) is 20.8 Å². The average Bonchev–Trinajstić information content (AvgIpc) is 2.77. The molecule has 1 heterocycles. The first-order valence-corrected chi connectivity index (χ1v) is 9.34. The Labute approximate surface area is 142 Å². The lowest BCUT2D eigenvalue weighted by atomic mass is 10.2. The third-order valence-electron chi connectivity index (χ3n) is 3.52. The summed E-state index contributed by atoms with van der Waals surface area (Å²) in [5.74, 6) is 0. The van der Waals surface area contributed by atoms with Gasteiger partial charge in [0, 0.05) is 12.1 Å². The minimum Gasteiger partial charge on any atom is -0.302 e. The highest BCUT2D eigenvalue weighted by Gasteiger charge is 2.17. The SMILES string of the molecule is Cc1ccc(Cl)cc1NS(=O)(=O)c1ccc2c(c1)sc(=O)n2C. The molecule has 8 heteroatoms. The molecule has 0 saturated heterocycles. The van der Waals surface area contributed by atoms with Crippen molar-refractivity contribution in [3.63, 3.8) is 0 Å². The summed E-state index contributed by atoms with van der Waals surface area (Å²) >= 11 is 6.93. The molecule has 1 aromatic heterocycles. The van der Waals surface area contributed by atoms with Gasteiger partial charge in [-0.05, 0) is 42.8 Å². The Hall–Kier alpha value is -1.83. The zero-order valence-electron chi connectivity index (χ0n) is 12.3. The van der Waals surface area contributed by atoms with Crippen molar-refractivity contribution < 1.29 is 8.42 Å². The van der Waals surface area contributed by atoms with Gasteiger partial charge in [0.2, 0.25) is 0 Å². The van der Waals surface area contributed by atoms with Crippen molar-refractivity contribution in [1.29, 1.82) is 0 Å². The summed E-state index contributed by atoms with van der Waals surface area (Å²) in [6, 6.07) is 9.62. The molecule has 0 aliphatic rings. The Bertz CT molecular complexity index is 1070. The lowest BCUT2D eigenvalue weighted by Crippen LogP contribution is -2.13. The first kappa shape index (κ1) is 16.0. The van der Waals surface area contributed by atoms with E-state index in [0.29, 0.717) is 20.9 Å². The zero-order valence-corrected chi connectivity index (χ0v) is 14.7. The summed E-state index contributed by atoms with van der Waals surface area (Å²) in [5, 5.41) is 0.449. The molecule has 1 N–H and O–H groups in total. The number of aryl methyl sites for hydroxylation is 2. The maximum absolute atomic E-state index is 12.6. The van der Waals surface area contributed by atoms with Gasteiger partial charge < -0.3 is 4.57 Å². The van der Waals surface area contributed by atoms with Gasteiger partial charge in [-0.2, -0.15) is 0 Å². The van der Waals surface area contributed by atoms with Crippen LogP contribution in [0.5, 0.6) is 0 Å². The zero-order chi connectivity index (χ0) is 16.8. The van der Waals surface area contributed by atoms with Crippen molar-refractivity contribution in [3.05, 3.63) is 56.7 Å². The molecule has 120 valence electrons. The van der Waals surface area contributed by atoms with Gasteiger partial charge >= 0.3 is 4.87 Å². The molecule has 0 spiro atoms. The molecule has 0 aliphatic carbocycles. The van der Waals surface area contributed by atoms with E-state index in [2.05, 4.69) is 4.72 Å². The molecular formula is C15H13ClN2O3S2. The highest BCUT2D eigenvalue weighted by atomic mass is 35.5. The summed E-state index contributed by atoms with van der Waals surface area (Å²) in [6.07, 6.45) is 0. The number of aromatic nitrogens is 1. The van der Waals surface area contributed by atoms with E-state index in [1.165, 1.54) is 16.7 Å². The van der Waals surface area contributed by atoms with Crippen LogP contribution in [-0.2, 0) is 17.1 Å². The number of hydrogen-bond donors (Lipinski definition) is 1. The van der Waals surface area contributed by atoms with Gasteiger partial charge in [0.25, 0.3) is 10.0 Å². The van der Waals surface area contributed by atoms with E-state index in [-0.39, 0.29) is 9.77 Å². The van der Waals surface area contributed by atoms with Crippen molar-refractivity contribution in [2.75, 3.05) is 4.72 Å². The number of nitrogens with one attached hydrogen (secondary N) is 1. The van der Waals surface area contributed by atoms with Crippen molar-refractivity contribution in [2.45, 2.75) is 11.8 Å². The quantitative estimate of drug-likeness (QED) is 0.770. The van der Waals surface area contributed by atoms with Crippen LogP contribution < -0.4 is 9.60 Å². The van der Waals surface area contributed by atoms with Crippen LogP contribution in [0.2, 0.25) is 5.02 Å². The second-order valence-corrected chi connectivity index (χ2v) is 8.23. The fraction of sp³-hybridized carbons (Fsp3) is 0.133. The molecular weight excluding hydrogens is 356 g/mol. The Balaban J connectivity index is 2.05. The second-order valence-electron chi connectivity index (χ2n) is 5.12. The number of rotatable bonds is 3. The van der Waals surface area contributed by atoms with Gasteiger partial charge in [-0.15, -0.1) is 0 Å². The van der Waals surface area contributed by atoms with Crippen LogP contribution in [-0.4, -0.2) is 13.0 Å². The molecule has 3 rings (SSSR count). The molecule has 0 radical (unpaired) electrons. The van der Waals surface area contributed by atoms with Crippen LogP contribution in [0.25, 0.3) is 10.2 Å². The van der Waals surface area contributed by atoms with E-state index in [0.717, 1.165) is 16.9 Å².